The summed E-state index contributed by atoms with van der Waals surface area (Å²) in [5.41, 5.74) is 2.56. The lowest BCUT2D eigenvalue weighted by atomic mass is 10.2. The van der Waals surface area contributed by atoms with Crippen molar-refractivity contribution >= 4 is 17.7 Å². The molecule has 1 N–H and O–H groups in total. The molecular weight excluding hydrogens is 369 g/mol. The number of hydrogen-bond acceptors (Lipinski definition) is 6. The third-order valence-electron chi connectivity index (χ3n) is 3.74. The zero-order valence-corrected chi connectivity index (χ0v) is 15.7. The van der Waals surface area contributed by atoms with Gasteiger partial charge in [0.1, 0.15) is 17.3 Å². The van der Waals surface area contributed by atoms with Crippen LogP contribution in [-0.2, 0) is 11.3 Å². The smallest absolute Gasteiger partial charge is 0.230 e. The van der Waals surface area contributed by atoms with E-state index in [4.69, 9.17) is 4.74 Å². The standard InChI is InChI=1S/C18H18FN5O2S/c1-12-3-8-16(26-2)15(9-12)24-18(21-22-23-24)27-11-17(25)20-10-13-4-6-14(19)7-5-13/h3-9H,10-11H2,1-2H3,(H,20,25). The van der Waals surface area contributed by atoms with Gasteiger partial charge in [0, 0.05) is 6.54 Å². The van der Waals surface area contributed by atoms with E-state index in [1.54, 1.807) is 23.9 Å². The van der Waals surface area contributed by atoms with Crippen LogP contribution in [0.15, 0.2) is 47.6 Å². The lowest BCUT2D eigenvalue weighted by molar-refractivity contribution is -0.118. The largest absolute Gasteiger partial charge is 0.494 e. The van der Waals surface area contributed by atoms with Gasteiger partial charge in [-0.2, -0.15) is 4.68 Å². The molecule has 1 amide bonds. The van der Waals surface area contributed by atoms with Crippen molar-refractivity contribution in [2.45, 2.75) is 18.6 Å². The number of tetrazole rings is 1. The summed E-state index contributed by atoms with van der Waals surface area (Å²) in [6, 6.07) is 11.7. The van der Waals surface area contributed by atoms with Gasteiger partial charge in [-0.3, -0.25) is 4.79 Å². The maximum atomic E-state index is 12.9. The molecule has 0 spiro atoms. The van der Waals surface area contributed by atoms with Crippen LogP contribution >= 0.6 is 11.8 Å². The molecule has 1 aromatic heterocycles. The van der Waals surface area contributed by atoms with Crippen molar-refractivity contribution in [3.05, 3.63) is 59.4 Å². The van der Waals surface area contributed by atoms with E-state index in [1.807, 2.05) is 25.1 Å². The maximum absolute atomic E-state index is 12.9. The highest BCUT2D eigenvalue weighted by atomic mass is 32.2. The van der Waals surface area contributed by atoms with E-state index < -0.39 is 0 Å². The van der Waals surface area contributed by atoms with Crippen molar-refractivity contribution in [2.24, 2.45) is 0 Å². The van der Waals surface area contributed by atoms with Crippen molar-refractivity contribution < 1.29 is 13.9 Å². The summed E-state index contributed by atoms with van der Waals surface area (Å²) >= 11 is 1.22. The number of aryl methyl sites for hydroxylation is 1. The number of hydrogen-bond donors (Lipinski definition) is 1. The topological polar surface area (TPSA) is 81.9 Å². The normalized spacial score (nSPS) is 10.6. The highest BCUT2D eigenvalue weighted by Crippen LogP contribution is 2.26. The summed E-state index contributed by atoms with van der Waals surface area (Å²) in [5, 5.41) is 15.0. The number of benzene rings is 2. The van der Waals surface area contributed by atoms with Gasteiger partial charge in [-0.15, -0.1) is 5.10 Å². The molecular formula is C18H18FN5O2S. The Hall–Kier alpha value is -2.94. The summed E-state index contributed by atoms with van der Waals surface area (Å²) in [7, 11) is 1.58. The molecule has 2 aromatic carbocycles. The number of methoxy groups -OCH3 is 1. The molecule has 0 saturated heterocycles. The molecule has 0 aliphatic heterocycles. The second-order valence-corrected chi connectivity index (χ2v) is 6.68. The van der Waals surface area contributed by atoms with Crippen molar-refractivity contribution in [3.63, 3.8) is 0 Å². The van der Waals surface area contributed by atoms with E-state index in [-0.39, 0.29) is 17.5 Å². The number of thioether (sulfide) groups is 1. The van der Waals surface area contributed by atoms with Crippen molar-refractivity contribution in [2.75, 3.05) is 12.9 Å². The highest BCUT2D eigenvalue weighted by molar-refractivity contribution is 7.99. The van der Waals surface area contributed by atoms with Gasteiger partial charge in [0.15, 0.2) is 0 Å². The second kappa shape index (κ2) is 8.63. The fourth-order valence-corrected chi connectivity index (χ4v) is 3.08. The molecule has 0 atom stereocenters. The number of carbonyl (C=O) groups excluding carboxylic acids is 1. The van der Waals surface area contributed by atoms with Gasteiger partial charge in [-0.1, -0.05) is 30.0 Å². The van der Waals surface area contributed by atoms with Crippen LogP contribution in [0, 0.1) is 12.7 Å². The van der Waals surface area contributed by atoms with Gasteiger partial charge >= 0.3 is 0 Å². The zero-order valence-electron chi connectivity index (χ0n) is 14.8. The Bertz CT molecular complexity index is 930. The first-order valence-electron chi connectivity index (χ1n) is 8.14. The summed E-state index contributed by atoms with van der Waals surface area (Å²) in [5.74, 6) is 0.306. The number of ether oxygens (including phenoxy) is 1. The molecule has 7 nitrogen and oxygen atoms in total. The number of aromatic nitrogens is 4. The molecule has 0 bridgehead atoms. The van der Waals surface area contributed by atoms with Crippen molar-refractivity contribution in [1.29, 1.82) is 0 Å². The molecule has 0 unspecified atom stereocenters. The lowest BCUT2D eigenvalue weighted by Crippen LogP contribution is -2.24. The number of rotatable bonds is 7. The SMILES string of the molecule is COc1ccc(C)cc1-n1nnnc1SCC(=O)NCc1ccc(F)cc1. The molecule has 27 heavy (non-hydrogen) atoms. The molecule has 1 heterocycles. The fraction of sp³-hybridized carbons (Fsp3) is 0.222. The number of halogens is 1. The molecule has 9 heteroatoms. The van der Waals surface area contributed by atoms with Crippen LogP contribution in [0.3, 0.4) is 0 Å². The molecule has 0 radical (unpaired) electrons. The first-order chi connectivity index (χ1) is 13.1. The predicted molar refractivity (Wildman–Crippen MR) is 99.4 cm³/mol. The quantitative estimate of drug-likeness (QED) is 0.628. The fourth-order valence-electron chi connectivity index (χ4n) is 2.37. The van der Waals surface area contributed by atoms with Crippen LogP contribution in [0.1, 0.15) is 11.1 Å². The minimum Gasteiger partial charge on any atom is -0.494 e. The number of amides is 1. The molecule has 0 saturated carbocycles. The van der Waals surface area contributed by atoms with Crippen molar-refractivity contribution in [1.82, 2.24) is 25.5 Å². The van der Waals surface area contributed by atoms with Crippen molar-refractivity contribution in [3.8, 4) is 11.4 Å². The van der Waals surface area contributed by atoms with Gasteiger partial charge in [-0.05, 0) is 52.7 Å². The van der Waals surface area contributed by atoms with E-state index in [9.17, 15) is 9.18 Å². The Balaban J connectivity index is 1.62. The van der Waals surface area contributed by atoms with Crippen LogP contribution in [0.4, 0.5) is 4.39 Å². The first kappa shape index (κ1) is 18.8. The monoisotopic (exact) mass is 387 g/mol. The van der Waals surface area contributed by atoms with Gasteiger partial charge < -0.3 is 10.1 Å². The zero-order chi connectivity index (χ0) is 19.2. The van der Waals surface area contributed by atoms with Gasteiger partial charge in [0.2, 0.25) is 11.1 Å². The van der Waals surface area contributed by atoms with Gasteiger partial charge in [-0.25, -0.2) is 4.39 Å². The summed E-state index contributed by atoms with van der Waals surface area (Å²) in [4.78, 5) is 12.1. The van der Waals surface area contributed by atoms with Gasteiger partial charge in [0.25, 0.3) is 0 Å². The predicted octanol–water partition coefficient (Wildman–Crippen LogP) is 2.53. The lowest BCUT2D eigenvalue weighted by Gasteiger charge is -2.10. The van der Waals surface area contributed by atoms with Crippen LogP contribution in [0.25, 0.3) is 5.69 Å². The Morgan fingerprint density at radius 2 is 2.04 bits per heavy atom. The third kappa shape index (κ3) is 4.82. The van der Waals surface area contributed by atoms with Crippen LogP contribution < -0.4 is 10.1 Å². The third-order valence-corrected chi connectivity index (χ3v) is 4.66. The number of nitrogens with zero attached hydrogens (tertiary/aromatic N) is 4. The number of carbonyl (C=O) groups is 1. The molecule has 140 valence electrons. The van der Waals surface area contributed by atoms with E-state index >= 15 is 0 Å². The van der Waals surface area contributed by atoms with Crippen LogP contribution in [-0.4, -0.2) is 39.0 Å². The Morgan fingerprint density at radius 3 is 2.78 bits per heavy atom. The highest BCUT2D eigenvalue weighted by Gasteiger charge is 2.15. The first-order valence-corrected chi connectivity index (χ1v) is 9.12. The summed E-state index contributed by atoms with van der Waals surface area (Å²) < 4.78 is 19.8. The number of nitrogens with one attached hydrogen (secondary N) is 1. The molecule has 3 rings (SSSR count). The average molecular weight is 387 g/mol. The van der Waals surface area contributed by atoms with Crippen LogP contribution in [0.5, 0.6) is 5.75 Å². The van der Waals surface area contributed by atoms with Gasteiger partial charge in [0.05, 0.1) is 12.9 Å². The Morgan fingerprint density at radius 1 is 1.26 bits per heavy atom. The maximum Gasteiger partial charge on any atom is 0.230 e. The Kier molecular flexibility index (Phi) is 6.02. The summed E-state index contributed by atoms with van der Waals surface area (Å²) in [6.07, 6.45) is 0. The van der Waals surface area contributed by atoms with E-state index in [2.05, 4.69) is 20.8 Å². The molecule has 3 aromatic rings. The molecule has 0 aliphatic rings. The Labute approximate surface area is 159 Å². The van der Waals surface area contributed by atoms with E-state index in [1.165, 1.54) is 23.9 Å². The van der Waals surface area contributed by atoms with E-state index in [0.717, 1.165) is 11.1 Å². The minimum atomic E-state index is -0.306. The summed E-state index contributed by atoms with van der Waals surface area (Å²) in [6.45, 7) is 2.29. The second-order valence-electron chi connectivity index (χ2n) is 5.74. The molecule has 0 fully saturated rings. The average Bonchev–Trinajstić information content (AvgIpc) is 3.14. The van der Waals surface area contributed by atoms with E-state index in [0.29, 0.717) is 23.1 Å². The molecule has 0 aliphatic carbocycles. The minimum absolute atomic E-state index is 0.149. The van der Waals surface area contributed by atoms with Crippen LogP contribution in [0.2, 0.25) is 0 Å².